The highest BCUT2D eigenvalue weighted by Crippen LogP contribution is 2.18. The van der Waals surface area contributed by atoms with Gasteiger partial charge in [-0.1, -0.05) is 6.07 Å². The van der Waals surface area contributed by atoms with Crippen LogP contribution in [0.2, 0.25) is 0 Å². The summed E-state index contributed by atoms with van der Waals surface area (Å²) in [5.74, 6) is 0.0191. The van der Waals surface area contributed by atoms with Gasteiger partial charge in [0.05, 0.1) is 18.3 Å². The number of aromatic hydroxyl groups is 1. The molecule has 19 heavy (non-hydrogen) atoms. The Morgan fingerprint density at radius 2 is 1.95 bits per heavy atom. The Morgan fingerprint density at radius 1 is 1.16 bits per heavy atom. The molecule has 0 aliphatic carbocycles. The lowest BCUT2D eigenvalue weighted by Gasteiger charge is -2.07. The number of hydrogen-bond donors (Lipinski definition) is 1. The zero-order chi connectivity index (χ0) is 13.2. The molecular weight excluding hydrogens is 242 g/mol. The van der Waals surface area contributed by atoms with Crippen molar-refractivity contribution in [2.24, 2.45) is 0 Å². The van der Waals surface area contributed by atoms with Crippen LogP contribution < -0.4 is 5.56 Å². The zero-order valence-electron chi connectivity index (χ0n) is 10.0. The lowest BCUT2D eigenvalue weighted by Crippen LogP contribution is -2.21. The number of rotatable bonds is 2. The maximum absolute atomic E-state index is 12.3. The number of benzene rings is 1. The Balaban J connectivity index is 2.11. The predicted molar refractivity (Wildman–Crippen MR) is 71.0 cm³/mol. The van der Waals surface area contributed by atoms with Crippen molar-refractivity contribution >= 4 is 10.9 Å². The van der Waals surface area contributed by atoms with Gasteiger partial charge in [-0.15, -0.1) is 0 Å². The van der Waals surface area contributed by atoms with Crippen molar-refractivity contribution in [3.8, 4) is 5.75 Å². The van der Waals surface area contributed by atoms with Crippen LogP contribution in [0.3, 0.4) is 0 Å². The minimum absolute atomic E-state index is 0.0191. The molecule has 5 heteroatoms. The fourth-order valence-electron chi connectivity index (χ4n) is 1.97. The summed E-state index contributed by atoms with van der Waals surface area (Å²) in [5, 5.41) is 10.1. The summed E-state index contributed by atoms with van der Waals surface area (Å²) < 4.78 is 1.51. The van der Waals surface area contributed by atoms with Gasteiger partial charge in [-0.25, -0.2) is 4.98 Å². The van der Waals surface area contributed by atoms with Crippen molar-refractivity contribution in [2.45, 2.75) is 6.54 Å². The summed E-state index contributed by atoms with van der Waals surface area (Å²) in [6.45, 7) is 0.431. The fraction of sp³-hybridized carbons (Fsp3) is 0.0714. The van der Waals surface area contributed by atoms with Crippen molar-refractivity contribution in [3.63, 3.8) is 0 Å². The first-order valence-electron chi connectivity index (χ1n) is 5.82. The van der Waals surface area contributed by atoms with E-state index in [9.17, 15) is 9.90 Å². The van der Waals surface area contributed by atoms with E-state index in [0.29, 0.717) is 17.4 Å². The molecule has 1 aromatic carbocycles. The molecule has 0 radical (unpaired) electrons. The van der Waals surface area contributed by atoms with Gasteiger partial charge in [0.15, 0.2) is 0 Å². The predicted octanol–water partition coefficient (Wildman–Crippen LogP) is 1.55. The Morgan fingerprint density at radius 3 is 2.74 bits per heavy atom. The average molecular weight is 253 g/mol. The molecule has 5 nitrogen and oxygen atoms in total. The van der Waals surface area contributed by atoms with Gasteiger partial charge in [-0.05, 0) is 29.8 Å². The number of phenolic OH excluding ortho intramolecular Hbond substituents is 1. The van der Waals surface area contributed by atoms with Gasteiger partial charge < -0.3 is 5.11 Å². The second-order valence-electron chi connectivity index (χ2n) is 4.21. The van der Waals surface area contributed by atoms with Gasteiger partial charge in [0.1, 0.15) is 11.3 Å². The third kappa shape index (κ3) is 2.06. The Labute approximate surface area is 108 Å². The largest absolute Gasteiger partial charge is 0.506 e. The first-order valence-corrected chi connectivity index (χ1v) is 5.82. The van der Waals surface area contributed by atoms with E-state index in [-0.39, 0.29) is 11.3 Å². The molecule has 0 amide bonds. The van der Waals surface area contributed by atoms with E-state index in [1.807, 2.05) is 12.1 Å². The maximum Gasteiger partial charge on any atom is 0.261 e. The van der Waals surface area contributed by atoms with E-state index in [4.69, 9.17) is 0 Å². The summed E-state index contributed by atoms with van der Waals surface area (Å²) in [4.78, 5) is 20.4. The van der Waals surface area contributed by atoms with Crippen molar-refractivity contribution in [3.05, 3.63) is 65.0 Å². The summed E-state index contributed by atoms with van der Waals surface area (Å²) >= 11 is 0. The highest BCUT2D eigenvalue weighted by atomic mass is 16.3. The van der Waals surface area contributed by atoms with E-state index in [1.165, 1.54) is 17.0 Å². The third-order valence-corrected chi connectivity index (χ3v) is 2.93. The van der Waals surface area contributed by atoms with Gasteiger partial charge in [0, 0.05) is 12.4 Å². The van der Waals surface area contributed by atoms with Crippen LogP contribution in [-0.2, 0) is 6.54 Å². The topological polar surface area (TPSA) is 68.0 Å². The van der Waals surface area contributed by atoms with Gasteiger partial charge in [-0.3, -0.25) is 14.3 Å². The zero-order valence-corrected chi connectivity index (χ0v) is 10.0. The summed E-state index contributed by atoms with van der Waals surface area (Å²) in [7, 11) is 0. The van der Waals surface area contributed by atoms with Crippen molar-refractivity contribution in [1.82, 2.24) is 14.5 Å². The standard InChI is InChI=1S/C14H11N3O2/c18-12-3-1-2-11-13(12)16-9-17(14(11)19)8-10-4-6-15-7-5-10/h1-7,9,18H,8H2. The molecule has 0 atom stereocenters. The fourth-order valence-corrected chi connectivity index (χ4v) is 1.97. The van der Waals surface area contributed by atoms with E-state index >= 15 is 0 Å². The quantitative estimate of drug-likeness (QED) is 0.752. The Hall–Kier alpha value is -2.69. The lowest BCUT2D eigenvalue weighted by atomic mass is 10.2. The van der Waals surface area contributed by atoms with Crippen LogP contribution in [0.25, 0.3) is 10.9 Å². The van der Waals surface area contributed by atoms with Crippen LogP contribution in [0, 0.1) is 0 Å². The molecule has 2 aromatic heterocycles. The molecule has 3 aromatic rings. The molecular formula is C14H11N3O2. The van der Waals surface area contributed by atoms with Gasteiger partial charge in [-0.2, -0.15) is 0 Å². The van der Waals surface area contributed by atoms with Gasteiger partial charge in [0.2, 0.25) is 0 Å². The second kappa shape index (κ2) is 4.53. The molecule has 0 bridgehead atoms. The number of aromatic nitrogens is 3. The molecule has 0 unspecified atom stereocenters. The monoisotopic (exact) mass is 253 g/mol. The second-order valence-corrected chi connectivity index (χ2v) is 4.21. The first kappa shape index (κ1) is 11.4. The smallest absolute Gasteiger partial charge is 0.261 e. The molecule has 0 saturated heterocycles. The Bertz CT molecular complexity index is 782. The molecule has 0 aliphatic heterocycles. The maximum atomic E-state index is 12.3. The lowest BCUT2D eigenvalue weighted by molar-refractivity contribution is 0.480. The molecule has 0 fully saturated rings. The number of phenols is 1. The van der Waals surface area contributed by atoms with Crippen LogP contribution in [0.15, 0.2) is 53.8 Å². The van der Waals surface area contributed by atoms with E-state index in [1.54, 1.807) is 24.5 Å². The van der Waals surface area contributed by atoms with Crippen molar-refractivity contribution < 1.29 is 5.11 Å². The number of nitrogens with zero attached hydrogens (tertiary/aromatic N) is 3. The van der Waals surface area contributed by atoms with Crippen LogP contribution in [-0.4, -0.2) is 19.6 Å². The minimum Gasteiger partial charge on any atom is -0.506 e. The van der Waals surface area contributed by atoms with Crippen LogP contribution >= 0.6 is 0 Å². The third-order valence-electron chi connectivity index (χ3n) is 2.93. The molecule has 94 valence electrons. The number of pyridine rings is 1. The van der Waals surface area contributed by atoms with Crippen molar-refractivity contribution in [1.29, 1.82) is 0 Å². The molecule has 1 N–H and O–H groups in total. The number of para-hydroxylation sites is 1. The number of hydrogen-bond acceptors (Lipinski definition) is 4. The van der Waals surface area contributed by atoms with Gasteiger partial charge in [0.25, 0.3) is 5.56 Å². The summed E-state index contributed by atoms with van der Waals surface area (Å²) in [5.41, 5.74) is 1.13. The molecule has 0 spiro atoms. The van der Waals surface area contributed by atoms with E-state index in [0.717, 1.165) is 5.56 Å². The molecule has 3 rings (SSSR count). The van der Waals surface area contributed by atoms with E-state index < -0.39 is 0 Å². The van der Waals surface area contributed by atoms with Crippen LogP contribution in [0.5, 0.6) is 5.75 Å². The minimum atomic E-state index is -0.169. The summed E-state index contributed by atoms with van der Waals surface area (Å²) in [6.07, 6.45) is 4.81. The normalized spacial score (nSPS) is 10.7. The first-order chi connectivity index (χ1) is 9.25. The number of fused-ring (bicyclic) bond motifs is 1. The van der Waals surface area contributed by atoms with Crippen molar-refractivity contribution in [2.75, 3.05) is 0 Å². The van der Waals surface area contributed by atoms with E-state index in [2.05, 4.69) is 9.97 Å². The highest BCUT2D eigenvalue weighted by molar-refractivity contribution is 5.82. The SMILES string of the molecule is O=c1c2cccc(O)c2ncn1Cc1ccncc1. The Kier molecular flexibility index (Phi) is 2.72. The van der Waals surface area contributed by atoms with Crippen LogP contribution in [0.1, 0.15) is 5.56 Å². The van der Waals surface area contributed by atoms with Crippen LogP contribution in [0.4, 0.5) is 0 Å². The molecule has 0 saturated carbocycles. The molecule has 2 heterocycles. The molecule has 0 aliphatic rings. The summed E-state index contributed by atoms with van der Waals surface area (Å²) in [6, 6.07) is 8.51. The average Bonchev–Trinajstić information content (AvgIpc) is 2.44. The van der Waals surface area contributed by atoms with Gasteiger partial charge >= 0.3 is 0 Å². The highest BCUT2D eigenvalue weighted by Gasteiger charge is 2.07.